The molecule has 6 heteroatoms. The van der Waals surface area contributed by atoms with E-state index in [-0.39, 0.29) is 6.42 Å². The van der Waals surface area contributed by atoms with Crippen molar-refractivity contribution in [1.82, 2.24) is 4.98 Å². The van der Waals surface area contributed by atoms with Crippen LogP contribution in [-0.4, -0.2) is 16.1 Å². The minimum Gasteiger partial charge on any atom is -0.486 e. The molecule has 0 unspecified atom stereocenters. The number of thiazole rings is 1. The molecule has 0 bridgehead atoms. The SMILES string of the molecule is Cc1cc(OCc2nc(CC(=O)O)cs2)cc(C)c1Cl. The molecular weight excluding hydrogens is 298 g/mol. The summed E-state index contributed by atoms with van der Waals surface area (Å²) < 4.78 is 5.67. The first-order valence-corrected chi connectivity index (χ1v) is 7.26. The van der Waals surface area contributed by atoms with Gasteiger partial charge in [-0.25, -0.2) is 4.98 Å². The van der Waals surface area contributed by atoms with Gasteiger partial charge in [0.2, 0.25) is 0 Å². The first-order chi connectivity index (χ1) is 9.45. The lowest BCUT2D eigenvalue weighted by Gasteiger charge is -2.08. The fraction of sp³-hybridized carbons (Fsp3) is 0.286. The fourth-order valence-corrected chi connectivity index (χ4v) is 2.60. The van der Waals surface area contributed by atoms with Crippen molar-refractivity contribution in [2.45, 2.75) is 26.9 Å². The lowest BCUT2D eigenvalue weighted by atomic mass is 10.1. The number of halogens is 1. The zero-order valence-electron chi connectivity index (χ0n) is 11.1. The average molecular weight is 312 g/mol. The van der Waals surface area contributed by atoms with Crippen LogP contribution in [0.25, 0.3) is 0 Å². The van der Waals surface area contributed by atoms with Crippen molar-refractivity contribution >= 4 is 28.9 Å². The molecule has 2 aromatic rings. The van der Waals surface area contributed by atoms with Gasteiger partial charge in [0.05, 0.1) is 12.1 Å². The Morgan fingerprint density at radius 2 is 2.05 bits per heavy atom. The highest BCUT2D eigenvalue weighted by molar-refractivity contribution is 7.09. The second-order valence-electron chi connectivity index (χ2n) is 4.46. The number of hydrogen-bond donors (Lipinski definition) is 1. The van der Waals surface area contributed by atoms with E-state index in [1.54, 1.807) is 5.38 Å². The number of rotatable bonds is 5. The van der Waals surface area contributed by atoms with Crippen molar-refractivity contribution in [1.29, 1.82) is 0 Å². The number of aryl methyl sites for hydroxylation is 2. The number of carbonyl (C=O) groups is 1. The van der Waals surface area contributed by atoms with Crippen LogP contribution in [0.5, 0.6) is 5.75 Å². The first kappa shape index (κ1) is 14.8. The van der Waals surface area contributed by atoms with Gasteiger partial charge in [-0.3, -0.25) is 4.79 Å². The Morgan fingerprint density at radius 3 is 2.65 bits per heavy atom. The number of benzene rings is 1. The van der Waals surface area contributed by atoms with Crippen LogP contribution >= 0.6 is 22.9 Å². The predicted molar refractivity (Wildman–Crippen MR) is 78.7 cm³/mol. The summed E-state index contributed by atoms with van der Waals surface area (Å²) in [6.45, 7) is 4.18. The van der Waals surface area contributed by atoms with Crippen LogP contribution in [0.15, 0.2) is 17.5 Å². The van der Waals surface area contributed by atoms with Crippen molar-refractivity contribution in [3.8, 4) is 5.75 Å². The normalized spacial score (nSPS) is 10.6. The van der Waals surface area contributed by atoms with Gasteiger partial charge in [0.15, 0.2) is 0 Å². The average Bonchev–Trinajstić information content (AvgIpc) is 2.80. The minimum absolute atomic E-state index is 0.0599. The number of carboxylic acid groups (broad SMARTS) is 1. The molecule has 20 heavy (non-hydrogen) atoms. The number of hydrogen-bond acceptors (Lipinski definition) is 4. The first-order valence-electron chi connectivity index (χ1n) is 6.00. The summed E-state index contributed by atoms with van der Waals surface area (Å²) in [5.41, 5.74) is 2.49. The molecule has 0 fully saturated rings. The molecule has 4 nitrogen and oxygen atoms in total. The Bertz CT molecular complexity index is 616. The third kappa shape index (κ3) is 3.71. The van der Waals surface area contributed by atoms with Crippen molar-refractivity contribution in [3.05, 3.63) is 44.4 Å². The molecule has 0 spiro atoms. The van der Waals surface area contributed by atoms with E-state index in [0.717, 1.165) is 26.9 Å². The fourth-order valence-electron chi connectivity index (χ4n) is 1.79. The highest BCUT2D eigenvalue weighted by Crippen LogP contribution is 2.26. The van der Waals surface area contributed by atoms with Gasteiger partial charge in [-0.05, 0) is 37.1 Å². The van der Waals surface area contributed by atoms with Crippen LogP contribution in [0.4, 0.5) is 0 Å². The van der Waals surface area contributed by atoms with Gasteiger partial charge >= 0.3 is 5.97 Å². The maximum absolute atomic E-state index is 10.6. The minimum atomic E-state index is -0.883. The predicted octanol–water partition coefficient (Wildman–Crippen LogP) is 3.62. The van der Waals surface area contributed by atoms with Gasteiger partial charge in [-0.1, -0.05) is 11.6 Å². The molecule has 0 aliphatic carbocycles. The van der Waals surface area contributed by atoms with Gasteiger partial charge in [0.1, 0.15) is 17.4 Å². The monoisotopic (exact) mass is 311 g/mol. The maximum Gasteiger partial charge on any atom is 0.309 e. The highest BCUT2D eigenvalue weighted by Gasteiger charge is 2.08. The summed E-state index contributed by atoms with van der Waals surface area (Å²) in [5.74, 6) is -0.147. The Balaban J connectivity index is 2.02. The van der Waals surface area contributed by atoms with E-state index in [1.165, 1.54) is 11.3 Å². The summed E-state index contributed by atoms with van der Waals surface area (Å²) in [7, 11) is 0. The summed E-state index contributed by atoms with van der Waals surface area (Å²) in [6.07, 6.45) is -0.0599. The third-order valence-electron chi connectivity index (χ3n) is 2.70. The molecule has 0 aliphatic heterocycles. The van der Waals surface area contributed by atoms with Crippen molar-refractivity contribution < 1.29 is 14.6 Å². The van der Waals surface area contributed by atoms with Crippen LogP contribution in [0.3, 0.4) is 0 Å². The zero-order valence-corrected chi connectivity index (χ0v) is 12.7. The van der Waals surface area contributed by atoms with E-state index >= 15 is 0 Å². The van der Waals surface area contributed by atoms with E-state index in [4.69, 9.17) is 21.4 Å². The molecule has 1 heterocycles. The third-order valence-corrected chi connectivity index (χ3v) is 4.17. The number of nitrogens with zero attached hydrogens (tertiary/aromatic N) is 1. The molecule has 1 N–H and O–H groups in total. The van der Waals surface area contributed by atoms with Crippen molar-refractivity contribution in [3.63, 3.8) is 0 Å². The Hall–Kier alpha value is -1.59. The second-order valence-corrected chi connectivity index (χ2v) is 5.78. The van der Waals surface area contributed by atoms with Gasteiger partial charge in [-0.2, -0.15) is 0 Å². The van der Waals surface area contributed by atoms with E-state index in [1.807, 2.05) is 26.0 Å². The topological polar surface area (TPSA) is 59.4 Å². The van der Waals surface area contributed by atoms with Crippen LogP contribution in [0, 0.1) is 13.8 Å². The largest absolute Gasteiger partial charge is 0.486 e. The number of aliphatic carboxylic acids is 1. The maximum atomic E-state index is 10.6. The van der Waals surface area contributed by atoms with E-state index in [2.05, 4.69) is 4.98 Å². The Kier molecular flexibility index (Phi) is 4.62. The molecule has 106 valence electrons. The van der Waals surface area contributed by atoms with Crippen LogP contribution in [-0.2, 0) is 17.8 Å². The molecular formula is C14H14ClNO3S. The van der Waals surface area contributed by atoms with Crippen molar-refractivity contribution in [2.24, 2.45) is 0 Å². The lowest BCUT2D eigenvalue weighted by Crippen LogP contribution is -2.01. The van der Waals surface area contributed by atoms with Gasteiger partial charge < -0.3 is 9.84 Å². The second kappa shape index (κ2) is 6.24. The van der Waals surface area contributed by atoms with Crippen LogP contribution in [0.1, 0.15) is 21.8 Å². The molecule has 0 atom stereocenters. The molecule has 2 rings (SSSR count). The highest BCUT2D eigenvalue weighted by atomic mass is 35.5. The van der Waals surface area contributed by atoms with E-state index in [0.29, 0.717) is 12.3 Å². The number of carboxylic acids is 1. The lowest BCUT2D eigenvalue weighted by molar-refractivity contribution is -0.136. The van der Waals surface area contributed by atoms with Crippen molar-refractivity contribution in [2.75, 3.05) is 0 Å². The Labute approximate surface area is 126 Å². The van der Waals surface area contributed by atoms with Gasteiger partial charge in [0.25, 0.3) is 0 Å². The summed E-state index contributed by atoms with van der Waals surface area (Å²) in [6, 6.07) is 3.75. The summed E-state index contributed by atoms with van der Waals surface area (Å²) >= 11 is 7.49. The van der Waals surface area contributed by atoms with Gasteiger partial charge in [-0.15, -0.1) is 11.3 Å². The summed E-state index contributed by atoms with van der Waals surface area (Å²) in [5, 5.41) is 11.9. The van der Waals surface area contributed by atoms with E-state index in [9.17, 15) is 4.79 Å². The molecule has 0 saturated carbocycles. The standard InChI is InChI=1S/C14H14ClNO3S/c1-8-3-11(4-9(2)14(8)15)19-6-12-16-10(7-20-12)5-13(17)18/h3-4,7H,5-6H2,1-2H3,(H,17,18). The molecule has 1 aromatic heterocycles. The van der Waals surface area contributed by atoms with Gasteiger partial charge in [0, 0.05) is 10.4 Å². The van der Waals surface area contributed by atoms with E-state index < -0.39 is 5.97 Å². The quantitative estimate of drug-likeness (QED) is 0.916. The van der Waals surface area contributed by atoms with Crippen LogP contribution in [0.2, 0.25) is 5.02 Å². The molecule has 0 saturated heterocycles. The molecule has 1 aromatic carbocycles. The molecule has 0 radical (unpaired) electrons. The number of aromatic nitrogens is 1. The molecule has 0 amide bonds. The summed E-state index contributed by atoms with van der Waals surface area (Å²) in [4.78, 5) is 14.8. The zero-order chi connectivity index (χ0) is 14.7. The smallest absolute Gasteiger partial charge is 0.309 e. The van der Waals surface area contributed by atoms with Crippen LogP contribution < -0.4 is 4.74 Å². The molecule has 0 aliphatic rings. The Morgan fingerprint density at radius 1 is 1.40 bits per heavy atom. The number of ether oxygens (including phenoxy) is 1.